The van der Waals surface area contributed by atoms with Crippen molar-refractivity contribution in [2.45, 2.75) is 12.0 Å². The number of carbonyl (C=O) groups is 1. The molecule has 7 heteroatoms. The molecule has 0 bridgehead atoms. The molecule has 6 nitrogen and oxygen atoms in total. The average molecular weight is 417 g/mol. The van der Waals surface area contributed by atoms with Crippen LogP contribution in [0.1, 0.15) is 17.0 Å². The number of hydrogen-bond donors (Lipinski definition) is 2. The average Bonchev–Trinajstić information content (AvgIpc) is 3.18. The third-order valence-corrected chi connectivity index (χ3v) is 5.30. The quantitative estimate of drug-likeness (QED) is 0.489. The zero-order valence-corrected chi connectivity index (χ0v) is 16.0. The molecule has 0 unspecified atom stereocenters. The number of amides is 1. The Hall–Kier alpha value is -4.13. The van der Waals surface area contributed by atoms with Crippen LogP contribution in [-0.2, 0) is 4.79 Å². The van der Waals surface area contributed by atoms with Crippen molar-refractivity contribution in [1.82, 2.24) is 0 Å². The number of nitrogens with one attached hydrogen (secondary N) is 1. The third-order valence-electron chi connectivity index (χ3n) is 5.30. The first-order valence-corrected chi connectivity index (χ1v) is 9.59. The molecule has 1 aromatic heterocycles. The maximum absolute atomic E-state index is 14.1. The second-order valence-electron chi connectivity index (χ2n) is 7.21. The van der Waals surface area contributed by atoms with E-state index >= 15 is 0 Å². The molecule has 31 heavy (non-hydrogen) atoms. The summed E-state index contributed by atoms with van der Waals surface area (Å²) in [6, 6.07) is 18.8. The van der Waals surface area contributed by atoms with E-state index in [-0.39, 0.29) is 22.7 Å². The molecule has 5 rings (SSSR count). The van der Waals surface area contributed by atoms with Gasteiger partial charge in [-0.15, -0.1) is 0 Å². The lowest BCUT2D eigenvalue weighted by atomic mass is 9.88. The smallest absolute Gasteiger partial charge is 0.344 e. The van der Waals surface area contributed by atoms with E-state index in [1.165, 1.54) is 30.3 Å². The summed E-state index contributed by atoms with van der Waals surface area (Å²) in [4.78, 5) is 26.0. The van der Waals surface area contributed by atoms with E-state index < -0.39 is 29.4 Å². The van der Waals surface area contributed by atoms with Gasteiger partial charge in [0.15, 0.2) is 6.10 Å². The van der Waals surface area contributed by atoms with Crippen molar-refractivity contribution in [2.75, 3.05) is 5.32 Å². The zero-order chi connectivity index (χ0) is 21.5. The van der Waals surface area contributed by atoms with Crippen LogP contribution >= 0.6 is 0 Å². The van der Waals surface area contributed by atoms with Gasteiger partial charge in [-0.1, -0.05) is 36.4 Å². The Morgan fingerprint density at radius 2 is 1.68 bits per heavy atom. The predicted molar refractivity (Wildman–Crippen MR) is 112 cm³/mol. The highest BCUT2D eigenvalue weighted by molar-refractivity contribution is 5.97. The van der Waals surface area contributed by atoms with Gasteiger partial charge in [-0.05, 0) is 42.0 Å². The van der Waals surface area contributed by atoms with Gasteiger partial charge >= 0.3 is 5.63 Å². The molecule has 0 spiro atoms. The van der Waals surface area contributed by atoms with Crippen molar-refractivity contribution in [3.8, 4) is 11.5 Å². The second kappa shape index (κ2) is 7.28. The first-order chi connectivity index (χ1) is 15.0. The molecule has 3 aromatic carbocycles. The van der Waals surface area contributed by atoms with Crippen molar-refractivity contribution in [3.05, 3.63) is 100 Å². The monoisotopic (exact) mass is 417 g/mol. The summed E-state index contributed by atoms with van der Waals surface area (Å²) in [6.45, 7) is 0. The Kier molecular flexibility index (Phi) is 4.43. The second-order valence-corrected chi connectivity index (χ2v) is 7.21. The van der Waals surface area contributed by atoms with Gasteiger partial charge in [-0.3, -0.25) is 4.79 Å². The molecule has 0 saturated heterocycles. The zero-order valence-electron chi connectivity index (χ0n) is 16.0. The summed E-state index contributed by atoms with van der Waals surface area (Å²) in [7, 11) is 0. The lowest BCUT2D eigenvalue weighted by molar-refractivity contribution is -0.122. The van der Waals surface area contributed by atoms with Gasteiger partial charge in [0.2, 0.25) is 0 Å². The van der Waals surface area contributed by atoms with Gasteiger partial charge < -0.3 is 19.6 Å². The first kappa shape index (κ1) is 18.9. The summed E-state index contributed by atoms with van der Waals surface area (Å²) in [6.07, 6.45) is -1.15. The number of carbonyl (C=O) groups excluding carboxylic acids is 1. The molecule has 2 heterocycles. The molecule has 4 aromatic rings. The molecule has 0 saturated carbocycles. The van der Waals surface area contributed by atoms with E-state index in [0.717, 1.165) is 0 Å². The van der Waals surface area contributed by atoms with E-state index in [4.69, 9.17) is 9.15 Å². The number of halogens is 1. The van der Waals surface area contributed by atoms with Gasteiger partial charge in [-0.2, -0.15) is 0 Å². The summed E-state index contributed by atoms with van der Waals surface area (Å²) in [5, 5.41) is 12.8. The van der Waals surface area contributed by atoms with E-state index in [0.29, 0.717) is 16.5 Å². The van der Waals surface area contributed by atoms with Crippen LogP contribution in [0.15, 0.2) is 82.0 Å². The van der Waals surface area contributed by atoms with Crippen LogP contribution < -0.4 is 15.7 Å². The summed E-state index contributed by atoms with van der Waals surface area (Å²) in [5.74, 6) is -1.69. The number of para-hydroxylation sites is 2. The van der Waals surface area contributed by atoms with Crippen molar-refractivity contribution >= 4 is 22.6 Å². The third kappa shape index (κ3) is 3.20. The minimum Gasteiger partial charge on any atom is -0.508 e. The number of phenolic OH excluding ortho intramolecular Hbond substituents is 1. The molecule has 1 aliphatic heterocycles. The van der Waals surface area contributed by atoms with Gasteiger partial charge in [0.25, 0.3) is 5.91 Å². The predicted octanol–water partition coefficient (Wildman–Crippen LogP) is 4.17. The van der Waals surface area contributed by atoms with E-state index in [2.05, 4.69) is 5.32 Å². The molecule has 154 valence electrons. The lowest BCUT2D eigenvalue weighted by Crippen LogP contribution is -2.35. The SMILES string of the molecule is O=C(Nc1ccccc1F)[C@H]1Oc2c(c(=O)oc3ccccc23)[C@H]1c1ccc(O)cc1. The Morgan fingerprint density at radius 1 is 0.968 bits per heavy atom. The standard InChI is InChI=1S/C24H16FNO5/c25-16-6-2-3-7-17(16)26-23(28)22-19(13-9-11-14(27)12-10-13)20-21(31-22)15-5-1-4-8-18(15)30-24(20)29/h1-12,19,22,27H,(H,26,28)/t19-,22+/m1/s1. The van der Waals surface area contributed by atoms with Gasteiger partial charge in [0.05, 0.1) is 22.6 Å². The highest BCUT2D eigenvalue weighted by Gasteiger charge is 2.44. The molecule has 1 aliphatic rings. The Labute approximate surface area is 175 Å². The summed E-state index contributed by atoms with van der Waals surface area (Å²) in [5.41, 5.74) is 0.512. The molecular weight excluding hydrogens is 401 g/mol. The van der Waals surface area contributed by atoms with Crippen LogP contribution in [-0.4, -0.2) is 17.1 Å². The van der Waals surface area contributed by atoms with Crippen LogP contribution in [0, 0.1) is 5.82 Å². The number of fused-ring (bicyclic) bond motifs is 3. The Morgan fingerprint density at radius 3 is 2.45 bits per heavy atom. The van der Waals surface area contributed by atoms with Gasteiger partial charge in [0, 0.05) is 0 Å². The highest BCUT2D eigenvalue weighted by Crippen LogP contribution is 2.44. The number of phenols is 1. The maximum Gasteiger partial charge on any atom is 0.344 e. The number of aromatic hydroxyl groups is 1. The van der Waals surface area contributed by atoms with E-state index in [9.17, 15) is 19.1 Å². The molecule has 0 radical (unpaired) electrons. The molecule has 0 aliphatic carbocycles. The normalized spacial score (nSPS) is 17.2. The van der Waals surface area contributed by atoms with Crippen LogP contribution in [0.2, 0.25) is 0 Å². The number of anilines is 1. The van der Waals surface area contributed by atoms with Crippen molar-refractivity contribution in [2.24, 2.45) is 0 Å². The first-order valence-electron chi connectivity index (χ1n) is 9.59. The largest absolute Gasteiger partial charge is 0.508 e. The minimum absolute atomic E-state index is 0.00778. The number of benzene rings is 3. The minimum atomic E-state index is -1.15. The topological polar surface area (TPSA) is 88.8 Å². The maximum atomic E-state index is 14.1. The van der Waals surface area contributed by atoms with Crippen LogP contribution in [0.25, 0.3) is 11.0 Å². The number of rotatable bonds is 3. The van der Waals surface area contributed by atoms with Crippen LogP contribution in [0.3, 0.4) is 0 Å². The Bertz CT molecular complexity index is 1360. The number of ether oxygens (including phenoxy) is 1. The van der Waals surface area contributed by atoms with E-state index in [1.807, 2.05) is 0 Å². The lowest BCUT2D eigenvalue weighted by Gasteiger charge is -2.19. The molecular formula is C24H16FNO5. The number of hydrogen-bond acceptors (Lipinski definition) is 5. The highest BCUT2D eigenvalue weighted by atomic mass is 19.1. The van der Waals surface area contributed by atoms with Crippen molar-refractivity contribution < 1.29 is 23.4 Å². The van der Waals surface area contributed by atoms with Crippen molar-refractivity contribution in [3.63, 3.8) is 0 Å². The molecule has 0 fully saturated rings. The Balaban J connectivity index is 1.65. The van der Waals surface area contributed by atoms with E-state index in [1.54, 1.807) is 42.5 Å². The summed E-state index contributed by atoms with van der Waals surface area (Å²) >= 11 is 0. The van der Waals surface area contributed by atoms with Crippen LogP contribution in [0.5, 0.6) is 11.5 Å². The van der Waals surface area contributed by atoms with Crippen molar-refractivity contribution in [1.29, 1.82) is 0 Å². The fraction of sp³-hybridized carbons (Fsp3) is 0.0833. The molecule has 1 amide bonds. The molecule has 2 N–H and O–H groups in total. The fourth-order valence-corrected chi connectivity index (χ4v) is 3.87. The molecule has 2 atom stereocenters. The fourth-order valence-electron chi connectivity index (χ4n) is 3.87. The summed E-state index contributed by atoms with van der Waals surface area (Å²) < 4.78 is 25.6. The van der Waals surface area contributed by atoms with Gasteiger partial charge in [-0.25, -0.2) is 9.18 Å². The van der Waals surface area contributed by atoms with Crippen LogP contribution in [0.4, 0.5) is 10.1 Å². The van der Waals surface area contributed by atoms with Gasteiger partial charge in [0.1, 0.15) is 22.9 Å².